The monoisotopic (exact) mass is 305 g/mol. The normalized spacial score (nSPS) is 33.0. The molecule has 1 aromatic rings. The number of fused-ring (bicyclic) bond motifs is 2. The van der Waals surface area contributed by atoms with E-state index >= 15 is 0 Å². The summed E-state index contributed by atoms with van der Waals surface area (Å²) in [6, 6.07) is 0.460. The Hall–Kier alpha value is -1.15. The molecule has 3 rings (SSSR count). The van der Waals surface area contributed by atoms with Gasteiger partial charge in [-0.25, -0.2) is 0 Å². The number of aliphatic hydroxyl groups excluding tert-OH is 1. The Morgan fingerprint density at radius 1 is 1.43 bits per heavy atom. The summed E-state index contributed by atoms with van der Waals surface area (Å²) in [5, 5.41) is 12.7. The second-order valence-corrected chi connectivity index (χ2v) is 6.01. The number of nitrogens with zero attached hydrogens (tertiary/aromatic N) is 3. The fraction of sp³-hybridized carbons (Fsp3) is 0.846. The summed E-state index contributed by atoms with van der Waals surface area (Å²) >= 11 is 0. The molecule has 0 radical (unpaired) electrons. The van der Waals surface area contributed by atoms with Crippen molar-refractivity contribution in [2.75, 3.05) is 6.61 Å². The van der Waals surface area contributed by atoms with Gasteiger partial charge >= 0.3 is 6.18 Å². The van der Waals surface area contributed by atoms with E-state index in [1.807, 2.05) is 6.92 Å². The van der Waals surface area contributed by atoms with Crippen LogP contribution in [0.15, 0.2) is 4.52 Å². The minimum Gasteiger partial charge on any atom is -0.396 e. The molecular weight excluding hydrogens is 287 g/mol. The van der Waals surface area contributed by atoms with Gasteiger partial charge in [-0.05, 0) is 25.7 Å². The van der Waals surface area contributed by atoms with Crippen LogP contribution >= 0.6 is 0 Å². The molecule has 5 nitrogen and oxygen atoms in total. The molecule has 1 N–H and O–H groups in total. The lowest BCUT2D eigenvalue weighted by molar-refractivity contribution is -0.146. The third-order valence-corrected chi connectivity index (χ3v) is 5.05. The topological polar surface area (TPSA) is 62.4 Å². The minimum absolute atomic E-state index is 0.0101. The summed E-state index contributed by atoms with van der Waals surface area (Å²) in [6.07, 6.45) is -0.875. The molecule has 2 fully saturated rings. The second-order valence-electron chi connectivity index (χ2n) is 6.01. The fourth-order valence-electron chi connectivity index (χ4n) is 3.91. The minimum atomic E-state index is -4.58. The first-order valence-corrected chi connectivity index (χ1v) is 7.16. The predicted octanol–water partition coefficient (Wildman–Crippen LogP) is 2.21. The molecule has 2 aliphatic heterocycles. The van der Waals surface area contributed by atoms with Gasteiger partial charge in [0.15, 0.2) is 0 Å². The Kier molecular flexibility index (Phi) is 3.48. The average molecular weight is 305 g/mol. The number of aromatic nitrogens is 2. The van der Waals surface area contributed by atoms with Gasteiger partial charge in [0.25, 0.3) is 5.82 Å². The van der Waals surface area contributed by atoms with Crippen LogP contribution < -0.4 is 0 Å². The van der Waals surface area contributed by atoms with Crippen LogP contribution in [0, 0.1) is 5.41 Å². The van der Waals surface area contributed by atoms with Crippen molar-refractivity contribution >= 4 is 0 Å². The van der Waals surface area contributed by atoms with Crippen molar-refractivity contribution < 1.29 is 22.8 Å². The molecule has 0 aromatic carbocycles. The maximum absolute atomic E-state index is 12.5. The Morgan fingerprint density at radius 3 is 2.71 bits per heavy atom. The van der Waals surface area contributed by atoms with Gasteiger partial charge in [-0.3, -0.25) is 4.90 Å². The summed E-state index contributed by atoms with van der Waals surface area (Å²) in [7, 11) is 0. The maximum atomic E-state index is 12.5. The SMILES string of the molecule is CC[C@]1(CO)C[C@H]2CC[C@@H]1N2Cc1nc(C(F)(F)F)no1. The van der Waals surface area contributed by atoms with Crippen LogP contribution in [0.3, 0.4) is 0 Å². The molecule has 1 aromatic heterocycles. The first-order chi connectivity index (χ1) is 9.89. The molecule has 3 heterocycles. The number of rotatable bonds is 4. The summed E-state index contributed by atoms with van der Waals surface area (Å²) < 4.78 is 42.2. The summed E-state index contributed by atoms with van der Waals surface area (Å²) in [6.45, 7) is 2.38. The molecule has 0 unspecified atom stereocenters. The fourth-order valence-corrected chi connectivity index (χ4v) is 3.91. The van der Waals surface area contributed by atoms with E-state index in [0.29, 0.717) is 0 Å². The lowest BCUT2D eigenvalue weighted by Crippen LogP contribution is -2.39. The van der Waals surface area contributed by atoms with Crippen LogP contribution in [0.1, 0.15) is 44.3 Å². The third kappa shape index (κ3) is 2.34. The molecule has 118 valence electrons. The Labute approximate surface area is 120 Å². The van der Waals surface area contributed by atoms with Crippen molar-refractivity contribution in [1.82, 2.24) is 15.0 Å². The van der Waals surface area contributed by atoms with Gasteiger partial charge in [-0.15, -0.1) is 0 Å². The van der Waals surface area contributed by atoms with Crippen molar-refractivity contribution in [2.24, 2.45) is 5.41 Å². The number of halogens is 3. The zero-order chi connectivity index (χ0) is 15.3. The molecule has 2 aliphatic rings. The van der Waals surface area contributed by atoms with E-state index in [1.165, 1.54) is 0 Å². The van der Waals surface area contributed by atoms with Gasteiger partial charge < -0.3 is 9.63 Å². The van der Waals surface area contributed by atoms with E-state index in [0.717, 1.165) is 25.7 Å². The number of hydrogen-bond acceptors (Lipinski definition) is 5. The van der Waals surface area contributed by atoms with Crippen molar-refractivity contribution in [3.8, 4) is 0 Å². The van der Waals surface area contributed by atoms with Crippen molar-refractivity contribution in [3.05, 3.63) is 11.7 Å². The van der Waals surface area contributed by atoms with Gasteiger partial charge in [0.2, 0.25) is 5.89 Å². The highest BCUT2D eigenvalue weighted by atomic mass is 19.4. The van der Waals surface area contributed by atoms with E-state index in [2.05, 4.69) is 15.0 Å². The highest BCUT2D eigenvalue weighted by Crippen LogP contribution is 2.51. The summed E-state index contributed by atoms with van der Waals surface area (Å²) in [4.78, 5) is 5.55. The molecule has 21 heavy (non-hydrogen) atoms. The Bertz CT molecular complexity index is 513. The van der Waals surface area contributed by atoms with Crippen LogP contribution in [-0.4, -0.2) is 38.8 Å². The lowest BCUT2D eigenvalue weighted by atomic mass is 9.72. The standard InChI is InChI=1S/C13H18F3N3O2/c1-2-12(7-20)5-8-3-4-9(12)19(8)6-10-17-11(18-21-10)13(14,15)16/h8-9,20H,2-7H2,1H3/t8-,9+,12-/m1/s1. The van der Waals surface area contributed by atoms with Crippen LogP contribution in [0.2, 0.25) is 0 Å². The molecule has 8 heteroatoms. The second kappa shape index (κ2) is 4.95. The highest BCUT2D eigenvalue weighted by Gasteiger charge is 2.54. The average Bonchev–Trinajstić information content (AvgIpc) is 3.13. The largest absolute Gasteiger partial charge is 0.455 e. The summed E-state index contributed by atoms with van der Waals surface area (Å²) in [5.74, 6) is -1.24. The molecule has 2 bridgehead atoms. The van der Waals surface area contributed by atoms with Crippen LogP contribution in [0.25, 0.3) is 0 Å². The smallest absolute Gasteiger partial charge is 0.396 e. The number of hydrogen-bond donors (Lipinski definition) is 1. The van der Waals surface area contributed by atoms with Crippen molar-refractivity contribution in [1.29, 1.82) is 0 Å². The summed E-state index contributed by atoms with van der Waals surface area (Å²) in [5.41, 5.74) is -0.143. The van der Waals surface area contributed by atoms with Gasteiger partial charge in [0, 0.05) is 17.5 Å². The van der Waals surface area contributed by atoms with E-state index in [-0.39, 0.29) is 36.5 Å². The van der Waals surface area contributed by atoms with Gasteiger partial charge in [-0.1, -0.05) is 12.1 Å². The number of aliphatic hydroxyl groups is 1. The lowest BCUT2D eigenvalue weighted by Gasteiger charge is -2.35. The molecule has 0 amide bonds. The van der Waals surface area contributed by atoms with Gasteiger partial charge in [0.05, 0.1) is 13.2 Å². The number of alkyl halides is 3. The van der Waals surface area contributed by atoms with Crippen LogP contribution in [-0.2, 0) is 12.7 Å². The van der Waals surface area contributed by atoms with Gasteiger partial charge in [0.1, 0.15) is 0 Å². The first-order valence-electron chi connectivity index (χ1n) is 7.16. The molecule has 0 spiro atoms. The van der Waals surface area contributed by atoms with Crippen molar-refractivity contribution in [2.45, 2.75) is 57.4 Å². The van der Waals surface area contributed by atoms with Gasteiger partial charge in [-0.2, -0.15) is 18.2 Å². The van der Waals surface area contributed by atoms with E-state index in [4.69, 9.17) is 4.52 Å². The Balaban J connectivity index is 1.76. The molecule has 3 atom stereocenters. The molecule has 2 saturated heterocycles. The maximum Gasteiger partial charge on any atom is 0.455 e. The molecule has 0 aliphatic carbocycles. The van der Waals surface area contributed by atoms with E-state index < -0.39 is 12.0 Å². The molecule has 0 saturated carbocycles. The van der Waals surface area contributed by atoms with E-state index in [1.54, 1.807) is 0 Å². The van der Waals surface area contributed by atoms with Crippen molar-refractivity contribution in [3.63, 3.8) is 0 Å². The quantitative estimate of drug-likeness (QED) is 0.924. The first kappa shape index (κ1) is 14.8. The Morgan fingerprint density at radius 2 is 2.19 bits per heavy atom. The highest BCUT2D eigenvalue weighted by molar-refractivity contribution is 5.08. The van der Waals surface area contributed by atoms with Crippen LogP contribution in [0.5, 0.6) is 0 Å². The zero-order valence-corrected chi connectivity index (χ0v) is 11.7. The third-order valence-electron chi connectivity index (χ3n) is 5.05. The van der Waals surface area contributed by atoms with E-state index in [9.17, 15) is 18.3 Å². The molecular formula is C13H18F3N3O2. The zero-order valence-electron chi connectivity index (χ0n) is 11.7. The predicted molar refractivity (Wildman–Crippen MR) is 66.1 cm³/mol. The van der Waals surface area contributed by atoms with Crippen LogP contribution in [0.4, 0.5) is 13.2 Å².